The first-order valence-electron chi connectivity index (χ1n) is 11.6. The van der Waals surface area contributed by atoms with E-state index in [0.717, 1.165) is 41.9 Å². The smallest absolute Gasteiger partial charge is 0.119 e. The first-order chi connectivity index (χ1) is 13.3. The van der Waals surface area contributed by atoms with Gasteiger partial charge in [0.05, 0.1) is 6.61 Å². The van der Waals surface area contributed by atoms with E-state index in [1.54, 1.807) is 11.1 Å². The van der Waals surface area contributed by atoms with Gasteiger partial charge >= 0.3 is 0 Å². The van der Waals surface area contributed by atoms with Crippen LogP contribution in [0, 0.1) is 29.6 Å². The maximum Gasteiger partial charge on any atom is 0.119 e. The Morgan fingerprint density at radius 3 is 2.56 bits per heavy atom. The molecule has 0 aromatic heterocycles. The molecule has 1 aromatic rings. The number of ether oxygens (including phenoxy) is 1. The molecule has 3 aliphatic carbocycles. The van der Waals surface area contributed by atoms with Crippen LogP contribution in [-0.2, 0) is 12.8 Å². The molecule has 1 aromatic carbocycles. The first kappa shape index (κ1) is 19.1. The van der Waals surface area contributed by atoms with Crippen LogP contribution >= 0.6 is 0 Å². The molecular weight excluding hydrogens is 328 g/mol. The van der Waals surface area contributed by atoms with E-state index in [0.29, 0.717) is 0 Å². The third kappa shape index (κ3) is 4.44. The summed E-state index contributed by atoms with van der Waals surface area (Å²) in [5, 5.41) is 0. The fourth-order valence-corrected chi connectivity index (χ4v) is 6.48. The minimum atomic E-state index is 0.764. The number of allylic oxidation sites excluding steroid dienone is 1. The molecule has 27 heavy (non-hydrogen) atoms. The normalized spacial score (nSPS) is 33.0. The van der Waals surface area contributed by atoms with E-state index >= 15 is 0 Å². The van der Waals surface area contributed by atoms with Gasteiger partial charge in [-0.1, -0.05) is 18.6 Å². The average Bonchev–Trinajstić information content (AvgIpc) is 2.71. The Labute approximate surface area is 166 Å². The SMILES string of the molecule is C=CCC[C@@H]1CC[C@@H]2CC(C3CCc4cc(OCC)ccc4C3)CCC2C1. The Balaban J connectivity index is 1.33. The molecule has 0 radical (unpaired) electrons. The summed E-state index contributed by atoms with van der Waals surface area (Å²) in [6.45, 7) is 6.74. The Hall–Kier alpha value is -1.24. The van der Waals surface area contributed by atoms with Gasteiger partial charge in [0.2, 0.25) is 0 Å². The zero-order chi connectivity index (χ0) is 18.6. The second-order valence-corrected chi connectivity index (χ2v) is 9.50. The van der Waals surface area contributed by atoms with Crippen molar-refractivity contribution in [3.63, 3.8) is 0 Å². The minimum Gasteiger partial charge on any atom is -0.494 e. The standard InChI is InChI=1S/C26H38O/c1-3-5-6-19-7-8-21-16-22(10-9-20(21)15-19)23-11-12-25-18-26(27-4-2)14-13-24(25)17-23/h3,13-14,18-23H,1,4-12,15-17H2,2H3/t19-,20?,21-,22?,23?/m1/s1. The van der Waals surface area contributed by atoms with Gasteiger partial charge < -0.3 is 4.74 Å². The van der Waals surface area contributed by atoms with Gasteiger partial charge in [0.15, 0.2) is 0 Å². The summed E-state index contributed by atoms with van der Waals surface area (Å²) in [6.07, 6.45) is 17.7. The number of hydrogen-bond acceptors (Lipinski definition) is 1. The Morgan fingerprint density at radius 2 is 1.74 bits per heavy atom. The van der Waals surface area contributed by atoms with Crippen molar-refractivity contribution in [3.05, 3.63) is 42.0 Å². The Kier molecular flexibility index (Phi) is 6.25. The van der Waals surface area contributed by atoms with Crippen LogP contribution in [0.3, 0.4) is 0 Å². The molecule has 0 aliphatic heterocycles. The maximum absolute atomic E-state index is 5.70. The maximum atomic E-state index is 5.70. The summed E-state index contributed by atoms with van der Waals surface area (Å²) in [6, 6.07) is 6.84. The van der Waals surface area contributed by atoms with Crippen molar-refractivity contribution in [1.82, 2.24) is 0 Å². The molecule has 0 heterocycles. The summed E-state index contributed by atoms with van der Waals surface area (Å²) in [5.41, 5.74) is 3.15. The molecule has 1 heteroatoms. The molecule has 0 spiro atoms. The number of benzene rings is 1. The molecule has 2 saturated carbocycles. The highest BCUT2D eigenvalue weighted by Gasteiger charge is 2.38. The van der Waals surface area contributed by atoms with E-state index in [-0.39, 0.29) is 0 Å². The van der Waals surface area contributed by atoms with Gasteiger partial charge in [0.25, 0.3) is 0 Å². The van der Waals surface area contributed by atoms with Gasteiger partial charge in [-0.05, 0) is 124 Å². The molecule has 3 aliphatic rings. The second-order valence-electron chi connectivity index (χ2n) is 9.50. The van der Waals surface area contributed by atoms with Crippen molar-refractivity contribution in [2.45, 2.75) is 77.6 Å². The van der Waals surface area contributed by atoms with E-state index in [1.165, 1.54) is 70.6 Å². The number of rotatable bonds is 6. The third-order valence-electron chi connectivity index (χ3n) is 7.96. The molecule has 0 saturated heterocycles. The van der Waals surface area contributed by atoms with Crippen LogP contribution < -0.4 is 4.74 Å². The average molecular weight is 367 g/mol. The van der Waals surface area contributed by atoms with Gasteiger partial charge in [0, 0.05) is 0 Å². The van der Waals surface area contributed by atoms with Crippen molar-refractivity contribution < 1.29 is 4.74 Å². The van der Waals surface area contributed by atoms with Crippen LogP contribution in [-0.4, -0.2) is 6.61 Å². The van der Waals surface area contributed by atoms with Crippen LogP contribution in [0.2, 0.25) is 0 Å². The third-order valence-corrected chi connectivity index (χ3v) is 7.96. The molecule has 0 bridgehead atoms. The zero-order valence-electron chi connectivity index (χ0n) is 17.3. The predicted molar refractivity (Wildman–Crippen MR) is 114 cm³/mol. The first-order valence-corrected chi connectivity index (χ1v) is 11.6. The highest BCUT2D eigenvalue weighted by Crippen LogP contribution is 2.49. The van der Waals surface area contributed by atoms with E-state index in [9.17, 15) is 0 Å². The van der Waals surface area contributed by atoms with Crippen LogP contribution in [0.15, 0.2) is 30.9 Å². The van der Waals surface area contributed by atoms with Crippen LogP contribution in [0.5, 0.6) is 5.75 Å². The van der Waals surface area contributed by atoms with Gasteiger partial charge in [-0.2, -0.15) is 0 Å². The van der Waals surface area contributed by atoms with E-state index in [4.69, 9.17) is 4.74 Å². The predicted octanol–water partition coefficient (Wildman–Crippen LogP) is 6.99. The lowest BCUT2D eigenvalue weighted by molar-refractivity contribution is 0.0699. The summed E-state index contributed by atoms with van der Waals surface area (Å²) in [7, 11) is 0. The second kappa shape index (κ2) is 8.84. The Morgan fingerprint density at radius 1 is 0.963 bits per heavy atom. The van der Waals surface area contributed by atoms with Crippen LogP contribution in [0.4, 0.5) is 0 Å². The van der Waals surface area contributed by atoms with E-state index in [2.05, 4.69) is 37.8 Å². The lowest BCUT2D eigenvalue weighted by atomic mass is 9.61. The van der Waals surface area contributed by atoms with Gasteiger partial charge in [-0.3, -0.25) is 0 Å². The highest BCUT2D eigenvalue weighted by atomic mass is 16.5. The number of hydrogen-bond donors (Lipinski definition) is 0. The summed E-state index contributed by atoms with van der Waals surface area (Å²) in [4.78, 5) is 0. The van der Waals surface area contributed by atoms with Crippen molar-refractivity contribution in [2.75, 3.05) is 6.61 Å². The largest absolute Gasteiger partial charge is 0.494 e. The Bertz CT molecular complexity index is 633. The lowest BCUT2D eigenvalue weighted by Crippen LogP contribution is -2.35. The fraction of sp³-hybridized carbons (Fsp3) is 0.692. The van der Waals surface area contributed by atoms with Crippen molar-refractivity contribution in [1.29, 1.82) is 0 Å². The van der Waals surface area contributed by atoms with Crippen molar-refractivity contribution >= 4 is 0 Å². The molecule has 4 rings (SSSR count). The zero-order valence-corrected chi connectivity index (χ0v) is 17.3. The topological polar surface area (TPSA) is 9.23 Å². The molecular formula is C26H38O. The molecule has 5 atom stereocenters. The molecule has 1 nitrogen and oxygen atoms in total. The molecule has 0 amide bonds. The van der Waals surface area contributed by atoms with Gasteiger partial charge in [-0.15, -0.1) is 6.58 Å². The van der Waals surface area contributed by atoms with Crippen LogP contribution in [0.25, 0.3) is 0 Å². The van der Waals surface area contributed by atoms with Gasteiger partial charge in [-0.25, -0.2) is 0 Å². The number of fused-ring (bicyclic) bond motifs is 2. The quantitative estimate of drug-likeness (QED) is 0.493. The monoisotopic (exact) mass is 366 g/mol. The molecule has 3 unspecified atom stereocenters. The van der Waals surface area contributed by atoms with Crippen molar-refractivity contribution in [2.24, 2.45) is 29.6 Å². The van der Waals surface area contributed by atoms with E-state index in [1.807, 2.05) is 0 Å². The summed E-state index contributed by atoms with van der Waals surface area (Å²) >= 11 is 0. The minimum absolute atomic E-state index is 0.764. The summed E-state index contributed by atoms with van der Waals surface area (Å²) < 4.78 is 5.70. The van der Waals surface area contributed by atoms with Crippen LogP contribution in [0.1, 0.15) is 75.8 Å². The molecule has 0 N–H and O–H groups in total. The highest BCUT2D eigenvalue weighted by molar-refractivity contribution is 5.37. The van der Waals surface area contributed by atoms with E-state index < -0.39 is 0 Å². The van der Waals surface area contributed by atoms with Gasteiger partial charge in [0.1, 0.15) is 5.75 Å². The fourth-order valence-electron chi connectivity index (χ4n) is 6.48. The molecule has 2 fully saturated rings. The lowest BCUT2D eigenvalue weighted by Gasteiger charge is -2.45. The molecule has 148 valence electrons. The van der Waals surface area contributed by atoms with Crippen molar-refractivity contribution in [3.8, 4) is 5.75 Å². The summed E-state index contributed by atoms with van der Waals surface area (Å²) in [5.74, 6) is 6.02. The number of aryl methyl sites for hydroxylation is 1.